The molecule has 4 aliphatic carbocycles. The third kappa shape index (κ3) is 11.9. The van der Waals surface area contributed by atoms with Crippen LogP contribution in [0.25, 0.3) is 0 Å². The molecule has 7 rings (SSSR count). The molecule has 0 spiro atoms. The minimum absolute atomic E-state index is 0. The summed E-state index contributed by atoms with van der Waals surface area (Å²) in [6.07, 6.45) is 9.85. The van der Waals surface area contributed by atoms with E-state index in [0.717, 1.165) is 43.5 Å². The summed E-state index contributed by atoms with van der Waals surface area (Å²) in [7, 11) is -2.35. The van der Waals surface area contributed by atoms with E-state index in [1.165, 1.54) is 107 Å². The monoisotopic (exact) mass is 880 g/mol. The van der Waals surface area contributed by atoms with Crippen LogP contribution >= 0.6 is 15.8 Å². The first-order valence-corrected chi connectivity index (χ1v) is 24.0. The van der Waals surface area contributed by atoms with Gasteiger partial charge in [0.15, 0.2) is 0 Å². The molecule has 4 aliphatic rings. The summed E-state index contributed by atoms with van der Waals surface area (Å²) < 4.78 is 113. The number of halogens is 8. The number of rotatable bonds is 9. The molecule has 0 N–H and O–H groups in total. The Labute approximate surface area is 348 Å². The molecule has 0 heterocycles. The van der Waals surface area contributed by atoms with Gasteiger partial charge in [0.25, 0.3) is 6.43 Å². The Morgan fingerprint density at radius 1 is 0.579 bits per heavy atom. The normalized spacial score (nSPS) is 22.2. The van der Waals surface area contributed by atoms with E-state index in [-0.39, 0.29) is 45.2 Å². The van der Waals surface area contributed by atoms with E-state index in [9.17, 15) is 35.1 Å². The van der Waals surface area contributed by atoms with Crippen LogP contribution in [-0.4, -0.2) is 17.0 Å². The van der Waals surface area contributed by atoms with E-state index in [1.54, 1.807) is 13.0 Å². The Bertz CT molecular complexity index is 1680. The molecule has 2 unspecified atom stereocenters. The van der Waals surface area contributed by atoms with Gasteiger partial charge in [0.2, 0.25) is 0 Å². The zero-order valence-electron chi connectivity index (χ0n) is 33.2. The van der Waals surface area contributed by atoms with Gasteiger partial charge in [-0.15, -0.1) is 0 Å². The molecule has 0 nitrogen and oxygen atoms in total. The van der Waals surface area contributed by atoms with E-state index in [0.29, 0.717) is 22.9 Å². The Hall–Kier alpha value is -1.52. The van der Waals surface area contributed by atoms with Crippen molar-refractivity contribution in [1.82, 2.24) is 0 Å². The van der Waals surface area contributed by atoms with E-state index < -0.39 is 51.3 Å². The molecule has 57 heavy (non-hydrogen) atoms. The van der Waals surface area contributed by atoms with E-state index in [4.69, 9.17) is 0 Å². The number of aryl methyl sites for hydroxylation is 1. The number of benzene rings is 3. The van der Waals surface area contributed by atoms with Gasteiger partial charge in [-0.25, -0.2) is 8.78 Å². The molecule has 11 heteroatoms. The summed E-state index contributed by atoms with van der Waals surface area (Å²) in [6.45, 7) is 3.49. The Balaban J connectivity index is 0.000000959. The van der Waals surface area contributed by atoms with Crippen molar-refractivity contribution in [3.05, 3.63) is 88.5 Å². The van der Waals surface area contributed by atoms with Gasteiger partial charge in [-0.05, 0) is 140 Å². The van der Waals surface area contributed by atoms with Gasteiger partial charge in [0, 0.05) is 22.6 Å². The van der Waals surface area contributed by atoms with Crippen molar-refractivity contribution in [1.29, 1.82) is 0 Å². The molecule has 0 bridgehead atoms. The van der Waals surface area contributed by atoms with Crippen LogP contribution in [0, 0.1) is 12.8 Å². The van der Waals surface area contributed by atoms with Crippen LogP contribution in [0.2, 0.25) is 0 Å². The molecular formula is C46H58F8FeP2. The zero-order valence-corrected chi connectivity index (χ0v) is 36.1. The fraction of sp³-hybridized carbons (Fsp3) is 0.609. The first-order chi connectivity index (χ1) is 26.7. The molecule has 0 radical (unpaired) electrons. The molecule has 4 fully saturated rings. The fourth-order valence-electron chi connectivity index (χ4n) is 10.2. The van der Waals surface area contributed by atoms with Crippen LogP contribution in [0.5, 0.6) is 0 Å². The minimum Gasteiger partial charge on any atom is -0.205 e. The zero-order chi connectivity index (χ0) is 40.0. The number of hydrogen-bond acceptors (Lipinski definition) is 0. The number of alkyl halides is 8. The maximum atomic E-state index is 14.2. The van der Waals surface area contributed by atoms with Crippen LogP contribution in [0.4, 0.5) is 35.1 Å². The van der Waals surface area contributed by atoms with Crippen LogP contribution in [0.1, 0.15) is 163 Å². The van der Waals surface area contributed by atoms with Gasteiger partial charge in [-0.2, -0.15) is 26.3 Å². The van der Waals surface area contributed by atoms with Crippen molar-refractivity contribution >= 4 is 31.8 Å². The van der Waals surface area contributed by atoms with Gasteiger partial charge >= 0.3 is 12.4 Å². The van der Waals surface area contributed by atoms with E-state index in [1.807, 2.05) is 6.92 Å². The van der Waals surface area contributed by atoms with Crippen molar-refractivity contribution in [2.75, 3.05) is 0 Å². The second-order valence-corrected chi connectivity index (χ2v) is 22.1. The van der Waals surface area contributed by atoms with Crippen molar-refractivity contribution in [3.8, 4) is 0 Å². The first-order valence-electron chi connectivity index (χ1n) is 21.1. The number of hydrogen-bond donors (Lipinski definition) is 0. The second-order valence-electron chi connectivity index (χ2n) is 16.8. The summed E-state index contributed by atoms with van der Waals surface area (Å²) in [5, 5.41) is 1.77. The quantitative estimate of drug-likeness (QED) is 0.114. The predicted molar refractivity (Wildman–Crippen MR) is 218 cm³/mol. The van der Waals surface area contributed by atoms with Gasteiger partial charge < -0.3 is 0 Å². The summed E-state index contributed by atoms with van der Waals surface area (Å²) in [4.78, 5) is 0. The maximum Gasteiger partial charge on any atom is 0.416 e. The smallest absolute Gasteiger partial charge is 0.205 e. The molecule has 0 aliphatic heterocycles. The molecular weight excluding hydrogens is 822 g/mol. The van der Waals surface area contributed by atoms with Crippen LogP contribution in [0.3, 0.4) is 0 Å². The average molecular weight is 881 g/mol. The predicted octanol–water partition coefficient (Wildman–Crippen LogP) is 15.1. The summed E-state index contributed by atoms with van der Waals surface area (Å²) in [5.74, 6) is 0.0526. The van der Waals surface area contributed by atoms with Crippen molar-refractivity contribution < 1.29 is 52.2 Å². The molecule has 3 aromatic rings. The van der Waals surface area contributed by atoms with Crippen LogP contribution < -0.4 is 15.9 Å². The Morgan fingerprint density at radius 2 is 1.07 bits per heavy atom. The van der Waals surface area contributed by atoms with Crippen LogP contribution in [-0.2, 0) is 29.4 Å². The summed E-state index contributed by atoms with van der Waals surface area (Å²) >= 11 is 0. The van der Waals surface area contributed by atoms with Gasteiger partial charge in [0.1, 0.15) is 0 Å². The molecule has 316 valence electrons. The third-order valence-corrected chi connectivity index (χ3v) is 19.3. The molecule has 4 saturated carbocycles. The standard InChI is InChI=1S/C41H48F8P2.C5H10.Fe/c1-26-20-29(40(44,45)46)24-33(21-26)50(34-23-28(39(42)43)22-30(25-34)41(47,48)49)27(2)35-17-11-18-36(35)37-16-9-10-19-38(37)51(31-12-5-3-6-13-31)32-14-7-4-8-15-32;1-2-4-5-3-1;/h9-10,16,19-25,27,31-32,35-36,39H,3-8,11-15,17-18H2,1-2H3;1-5H2;/t27-,35?,36?,50-;;/m1../s1. The molecule has 3 aromatic carbocycles. The minimum atomic E-state index is -4.89. The van der Waals surface area contributed by atoms with E-state index >= 15 is 0 Å². The summed E-state index contributed by atoms with van der Waals surface area (Å²) in [6, 6.07) is 15.0. The maximum absolute atomic E-state index is 14.2. The average Bonchev–Trinajstić information content (AvgIpc) is 3.92. The Morgan fingerprint density at radius 3 is 1.60 bits per heavy atom. The second kappa shape index (κ2) is 20.8. The molecule has 0 aromatic heterocycles. The van der Waals surface area contributed by atoms with Gasteiger partial charge in [-0.1, -0.05) is 122 Å². The van der Waals surface area contributed by atoms with Crippen molar-refractivity contribution in [2.24, 2.45) is 5.92 Å². The van der Waals surface area contributed by atoms with E-state index in [2.05, 4.69) is 24.3 Å². The largest absolute Gasteiger partial charge is 0.416 e. The molecule has 0 saturated heterocycles. The van der Waals surface area contributed by atoms with Crippen molar-refractivity contribution in [2.45, 2.75) is 171 Å². The summed E-state index contributed by atoms with van der Waals surface area (Å²) in [5.41, 5.74) is -0.234. The Kier molecular flexibility index (Phi) is 17.0. The van der Waals surface area contributed by atoms with Crippen molar-refractivity contribution in [3.63, 3.8) is 0 Å². The first kappa shape index (κ1) is 46.5. The molecule has 0 amide bonds. The van der Waals surface area contributed by atoms with Gasteiger partial charge in [0.05, 0.1) is 11.1 Å². The SMILES string of the molecule is C1CCCC1.Cc1cc([P@](c2cc(C(F)F)cc(C(F)(F)F)c2)[C@H](C)C2CCCC2c2ccccc2P(C2CCCCC2)C2CCCCC2)cc(C(F)(F)F)c1.[Fe]. The third-order valence-electron chi connectivity index (χ3n) is 12.9. The van der Waals surface area contributed by atoms with Gasteiger partial charge in [-0.3, -0.25) is 0 Å². The topological polar surface area (TPSA) is 0 Å². The fourth-order valence-corrected chi connectivity index (χ4v) is 17.4. The van der Waals surface area contributed by atoms with Crippen LogP contribution in [0.15, 0.2) is 60.7 Å². The molecule has 4 atom stereocenters.